The van der Waals surface area contributed by atoms with Gasteiger partial charge in [0.05, 0.1) is 5.52 Å². The van der Waals surface area contributed by atoms with Crippen molar-refractivity contribution < 1.29 is 4.42 Å². The van der Waals surface area contributed by atoms with Crippen molar-refractivity contribution in [2.24, 2.45) is 0 Å². The SMILES string of the molecule is CSc1ccc2c(c1)CCN(CCn1c(=O)oc3ccccc31)C2. The molecule has 0 atom stereocenters. The van der Waals surface area contributed by atoms with Gasteiger partial charge in [-0.25, -0.2) is 4.79 Å². The summed E-state index contributed by atoms with van der Waals surface area (Å²) in [5, 5.41) is 0. The molecule has 1 aliphatic rings. The highest BCUT2D eigenvalue weighted by Crippen LogP contribution is 2.24. The van der Waals surface area contributed by atoms with Crippen LogP contribution in [0.2, 0.25) is 0 Å². The Bertz CT molecular complexity index is 929. The van der Waals surface area contributed by atoms with Crippen molar-refractivity contribution in [2.75, 3.05) is 19.3 Å². The van der Waals surface area contributed by atoms with Gasteiger partial charge in [0.2, 0.25) is 0 Å². The molecule has 0 aliphatic carbocycles. The number of para-hydroxylation sites is 2. The minimum atomic E-state index is -0.266. The number of hydrogen-bond acceptors (Lipinski definition) is 4. The zero-order valence-electron chi connectivity index (χ0n) is 13.7. The predicted molar refractivity (Wildman–Crippen MR) is 97.7 cm³/mol. The van der Waals surface area contributed by atoms with E-state index >= 15 is 0 Å². The fraction of sp³-hybridized carbons (Fsp3) is 0.316. The zero-order chi connectivity index (χ0) is 16.5. The summed E-state index contributed by atoms with van der Waals surface area (Å²) in [6.07, 6.45) is 3.19. The van der Waals surface area contributed by atoms with Crippen LogP contribution >= 0.6 is 11.8 Å². The molecule has 1 aliphatic heterocycles. The molecule has 4 nitrogen and oxygen atoms in total. The molecule has 2 aromatic carbocycles. The first-order valence-corrected chi connectivity index (χ1v) is 9.43. The summed E-state index contributed by atoms with van der Waals surface area (Å²) in [5.74, 6) is -0.266. The summed E-state index contributed by atoms with van der Waals surface area (Å²) < 4.78 is 7.05. The largest absolute Gasteiger partial charge is 0.419 e. The first kappa shape index (κ1) is 15.5. The van der Waals surface area contributed by atoms with Crippen molar-refractivity contribution >= 4 is 22.9 Å². The third kappa shape index (κ3) is 2.89. The van der Waals surface area contributed by atoms with E-state index in [1.165, 1.54) is 16.0 Å². The molecule has 4 rings (SSSR count). The topological polar surface area (TPSA) is 38.4 Å². The van der Waals surface area contributed by atoms with Crippen LogP contribution in [0.4, 0.5) is 0 Å². The maximum absolute atomic E-state index is 12.1. The lowest BCUT2D eigenvalue weighted by atomic mass is 10.00. The average Bonchev–Trinajstić information content (AvgIpc) is 2.94. The van der Waals surface area contributed by atoms with E-state index < -0.39 is 0 Å². The molecule has 0 amide bonds. The van der Waals surface area contributed by atoms with E-state index in [4.69, 9.17) is 4.42 Å². The molecule has 2 heterocycles. The minimum absolute atomic E-state index is 0.266. The second-order valence-corrected chi connectivity index (χ2v) is 7.03. The van der Waals surface area contributed by atoms with Crippen LogP contribution < -0.4 is 5.76 Å². The Labute approximate surface area is 145 Å². The molecule has 0 fully saturated rings. The van der Waals surface area contributed by atoms with Crippen LogP contribution in [0.5, 0.6) is 0 Å². The maximum Gasteiger partial charge on any atom is 0.419 e. The molecule has 0 unspecified atom stereocenters. The number of hydrogen-bond donors (Lipinski definition) is 0. The van der Waals surface area contributed by atoms with Crippen LogP contribution in [0.1, 0.15) is 11.1 Å². The second-order valence-electron chi connectivity index (χ2n) is 6.15. The molecule has 0 bridgehead atoms. The highest BCUT2D eigenvalue weighted by molar-refractivity contribution is 7.98. The number of rotatable bonds is 4. The summed E-state index contributed by atoms with van der Waals surface area (Å²) in [6.45, 7) is 3.51. The summed E-state index contributed by atoms with van der Waals surface area (Å²) in [7, 11) is 0. The molecule has 5 heteroatoms. The molecule has 0 radical (unpaired) electrons. The van der Waals surface area contributed by atoms with Gasteiger partial charge in [-0.05, 0) is 48.1 Å². The Morgan fingerprint density at radius 2 is 2.00 bits per heavy atom. The van der Waals surface area contributed by atoms with Gasteiger partial charge in [-0.2, -0.15) is 0 Å². The van der Waals surface area contributed by atoms with Gasteiger partial charge in [-0.3, -0.25) is 9.47 Å². The van der Waals surface area contributed by atoms with Gasteiger partial charge < -0.3 is 4.42 Å². The number of nitrogens with zero attached hydrogens (tertiary/aromatic N) is 2. The van der Waals surface area contributed by atoms with E-state index in [1.54, 1.807) is 16.3 Å². The van der Waals surface area contributed by atoms with E-state index in [1.807, 2.05) is 24.3 Å². The van der Waals surface area contributed by atoms with Crippen molar-refractivity contribution in [3.63, 3.8) is 0 Å². The van der Waals surface area contributed by atoms with Gasteiger partial charge in [0, 0.05) is 31.1 Å². The van der Waals surface area contributed by atoms with E-state index in [-0.39, 0.29) is 5.76 Å². The lowest BCUT2D eigenvalue weighted by molar-refractivity contribution is 0.242. The Balaban J connectivity index is 1.48. The zero-order valence-corrected chi connectivity index (χ0v) is 14.5. The van der Waals surface area contributed by atoms with Gasteiger partial charge in [-0.15, -0.1) is 11.8 Å². The van der Waals surface area contributed by atoms with Gasteiger partial charge in [-0.1, -0.05) is 18.2 Å². The lowest BCUT2D eigenvalue weighted by Crippen LogP contribution is -2.34. The van der Waals surface area contributed by atoms with Crippen LogP contribution in [-0.2, 0) is 19.5 Å². The number of aromatic nitrogens is 1. The normalized spacial score (nSPS) is 14.9. The third-order valence-electron chi connectivity index (χ3n) is 4.72. The average molecular weight is 340 g/mol. The Kier molecular flexibility index (Phi) is 4.21. The molecule has 1 aromatic heterocycles. The monoisotopic (exact) mass is 340 g/mol. The lowest BCUT2D eigenvalue weighted by Gasteiger charge is -2.29. The van der Waals surface area contributed by atoms with Crippen molar-refractivity contribution in [1.82, 2.24) is 9.47 Å². The van der Waals surface area contributed by atoms with Crippen LogP contribution in [0.15, 0.2) is 56.6 Å². The van der Waals surface area contributed by atoms with Gasteiger partial charge in [0.25, 0.3) is 0 Å². The fourth-order valence-corrected chi connectivity index (χ4v) is 3.84. The van der Waals surface area contributed by atoms with E-state index in [0.29, 0.717) is 12.1 Å². The molecule has 0 saturated carbocycles. The van der Waals surface area contributed by atoms with Crippen LogP contribution in [0.3, 0.4) is 0 Å². The Hall–Kier alpha value is -1.98. The molecule has 124 valence electrons. The second kappa shape index (κ2) is 6.49. The first-order chi connectivity index (χ1) is 11.7. The third-order valence-corrected chi connectivity index (χ3v) is 5.44. The van der Waals surface area contributed by atoms with Crippen molar-refractivity contribution in [2.45, 2.75) is 24.4 Å². The van der Waals surface area contributed by atoms with Crippen molar-refractivity contribution in [3.05, 3.63) is 64.1 Å². The van der Waals surface area contributed by atoms with E-state index in [2.05, 4.69) is 29.4 Å². The molecule has 0 saturated heterocycles. The van der Waals surface area contributed by atoms with Crippen LogP contribution in [0.25, 0.3) is 11.1 Å². The Morgan fingerprint density at radius 3 is 2.88 bits per heavy atom. The smallest absolute Gasteiger partial charge is 0.408 e. The van der Waals surface area contributed by atoms with Gasteiger partial charge in [0.15, 0.2) is 5.58 Å². The number of fused-ring (bicyclic) bond motifs is 2. The first-order valence-electron chi connectivity index (χ1n) is 8.21. The summed E-state index contributed by atoms with van der Waals surface area (Å²) in [5.41, 5.74) is 4.41. The maximum atomic E-state index is 12.1. The highest BCUT2D eigenvalue weighted by atomic mass is 32.2. The van der Waals surface area contributed by atoms with Crippen LogP contribution in [0, 0.1) is 0 Å². The molecular weight excluding hydrogens is 320 g/mol. The summed E-state index contributed by atoms with van der Waals surface area (Å²) >= 11 is 1.79. The fourth-order valence-electron chi connectivity index (χ4n) is 3.37. The molecule has 3 aromatic rings. The number of thioether (sulfide) groups is 1. The van der Waals surface area contributed by atoms with E-state index in [0.717, 1.165) is 31.6 Å². The van der Waals surface area contributed by atoms with Crippen molar-refractivity contribution in [3.8, 4) is 0 Å². The standard InChI is InChI=1S/C19H20N2O2S/c1-24-16-7-6-15-13-20(9-8-14(15)12-16)10-11-21-17-4-2-3-5-18(17)23-19(21)22/h2-7,12H,8-11,13H2,1H3. The molecule has 0 N–H and O–H groups in total. The quantitative estimate of drug-likeness (QED) is 0.683. The van der Waals surface area contributed by atoms with Crippen LogP contribution in [-0.4, -0.2) is 28.8 Å². The van der Waals surface area contributed by atoms with E-state index in [9.17, 15) is 4.79 Å². The summed E-state index contributed by atoms with van der Waals surface area (Å²) in [4.78, 5) is 15.8. The number of benzene rings is 2. The summed E-state index contributed by atoms with van der Waals surface area (Å²) in [6, 6.07) is 14.4. The molecule has 24 heavy (non-hydrogen) atoms. The van der Waals surface area contributed by atoms with Crippen molar-refractivity contribution in [1.29, 1.82) is 0 Å². The highest BCUT2D eigenvalue weighted by Gasteiger charge is 2.17. The Morgan fingerprint density at radius 1 is 1.12 bits per heavy atom. The predicted octanol–water partition coefficient (Wildman–Crippen LogP) is 3.37. The minimum Gasteiger partial charge on any atom is -0.408 e. The number of oxazole rings is 1. The van der Waals surface area contributed by atoms with Gasteiger partial charge in [0.1, 0.15) is 0 Å². The molecule has 0 spiro atoms. The molecular formula is C19H20N2O2S. The van der Waals surface area contributed by atoms with Gasteiger partial charge >= 0.3 is 5.76 Å².